The summed E-state index contributed by atoms with van der Waals surface area (Å²) in [6, 6.07) is 3.80. The molecule has 0 unspecified atom stereocenters. The maximum atomic E-state index is 4.19. The standard InChI is InChI=1S/C9H8N4/c1-2-7-3-4-8(10-5-7)9-11-6-12-13-9/h2-6H,1H2,(H,11,12,13). The van der Waals surface area contributed by atoms with Crippen LogP contribution in [0.25, 0.3) is 17.6 Å². The fraction of sp³-hybridized carbons (Fsp3) is 0. The smallest absolute Gasteiger partial charge is 0.179 e. The van der Waals surface area contributed by atoms with Crippen molar-refractivity contribution in [3.05, 3.63) is 36.8 Å². The summed E-state index contributed by atoms with van der Waals surface area (Å²) in [6.45, 7) is 3.65. The van der Waals surface area contributed by atoms with Crippen molar-refractivity contribution in [3.8, 4) is 11.5 Å². The molecule has 4 heteroatoms. The van der Waals surface area contributed by atoms with Crippen LogP contribution in [-0.2, 0) is 0 Å². The average molecular weight is 172 g/mol. The molecule has 0 fully saturated rings. The lowest BCUT2D eigenvalue weighted by Gasteiger charge is -1.95. The van der Waals surface area contributed by atoms with E-state index >= 15 is 0 Å². The summed E-state index contributed by atoms with van der Waals surface area (Å²) in [7, 11) is 0. The van der Waals surface area contributed by atoms with Crippen LogP contribution in [0.3, 0.4) is 0 Å². The summed E-state index contributed by atoms with van der Waals surface area (Å²) in [5, 5.41) is 7.52. The Morgan fingerprint density at radius 3 is 2.85 bits per heavy atom. The Kier molecular flexibility index (Phi) is 1.88. The minimum absolute atomic E-state index is 0.676. The second-order valence-corrected chi connectivity index (χ2v) is 2.52. The number of nitrogens with one attached hydrogen (secondary N) is 1. The van der Waals surface area contributed by atoms with Crippen LogP contribution in [0.1, 0.15) is 5.56 Å². The summed E-state index contributed by atoms with van der Waals surface area (Å²) in [5.41, 5.74) is 1.77. The van der Waals surface area contributed by atoms with Gasteiger partial charge in [0.25, 0.3) is 0 Å². The van der Waals surface area contributed by atoms with Crippen LogP contribution < -0.4 is 0 Å². The van der Waals surface area contributed by atoms with Crippen molar-refractivity contribution in [2.24, 2.45) is 0 Å². The first-order valence-corrected chi connectivity index (χ1v) is 3.85. The van der Waals surface area contributed by atoms with Gasteiger partial charge in [0.15, 0.2) is 5.82 Å². The molecular weight excluding hydrogens is 164 g/mol. The zero-order chi connectivity index (χ0) is 9.10. The van der Waals surface area contributed by atoms with E-state index in [1.165, 1.54) is 6.33 Å². The second-order valence-electron chi connectivity index (χ2n) is 2.52. The molecule has 0 radical (unpaired) electrons. The zero-order valence-electron chi connectivity index (χ0n) is 6.94. The van der Waals surface area contributed by atoms with Gasteiger partial charge in [-0.05, 0) is 11.6 Å². The van der Waals surface area contributed by atoms with Gasteiger partial charge in [-0.15, -0.1) is 10.2 Å². The van der Waals surface area contributed by atoms with Gasteiger partial charge in [-0.1, -0.05) is 18.7 Å². The van der Waals surface area contributed by atoms with E-state index < -0.39 is 0 Å². The fourth-order valence-corrected chi connectivity index (χ4v) is 0.997. The van der Waals surface area contributed by atoms with Crippen LogP contribution in [0.15, 0.2) is 31.2 Å². The monoisotopic (exact) mass is 172 g/mol. The molecule has 13 heavy (non-hydrogen) atoms. The Bertz CT molecular complexity index is 388. The lowest BCUT2D eigenvalue weighted by Crippen LogP contribution is -1.85. The van der Waals surface area contributed by atoms with Gasteiger partial charge in [0.1, 0.15) is 12.0 Å². The largest absolute Gasteiger partial charge is 0.326 e. The van der Waals surface area contributed by atoms with Crippen molar-refractivity contribution in [3.63, 3.8) is 0 Å². The van der Waals surface area contributed by atoms with Gasteiger partial charge in [-0.2, -0.15) is 0 Å². The number of pyridine rings is 1. The third-order valence-electron chi connectivity index (χ3n) is 1.68. The molecular formula is C9H8N4. The minimum atomic E-state index is 0.676. The molecule has 0 saturated heterocycles. The molecule has 0 atom stereocenters. The van der Waals surface area contributed by atoms with Crippen LogP contribution >= 0.6 is 0 Å². The van der Waals surface area contributed by atoms with Crippen molar-refractivity contribution in [2.45, 2.75) is 0 Å². The summed E-state index contributed by atoms with van der Waals surface area (Å²) < 4.78 is 0. The molecule has 2 aromatic heterocycles. The molecule has 1 N–H and O–H groups in total. The Hall–Kier alpha value is -1.97. The lowest BCUT2D eigenvalue weighted by atomic mass is 10.2. The van der Waals surface area contributed by atoms with Gasteiger partial charge in [-0.3, -0.25) is 4.98 Å². The Labute approximate surface area is 75.4 Å². The first kappa shape index (κ1) is 7.67. The molecule has 4 nitrogen and oxygen atoms in total. The van der Waals surface area contributed by atoms with Gasteiger partial charge in [0, 0.05) is 6.20 Å². The molecule has 0 bridgehead atoms. The highest BCUT2D eigenvalue weighted by atomic mass is 15.2. The second kappa shape index (κ2) is 3.18. The Balaban J connectivity index is 2.38. The van der Waals surface area contributed by atoms with E-state index in [-0.39, 0.29) is 0 Å². The molecule has 0 saturated carbocycles. The van der Waals surface area contributed by atoms with Gasteiger partial charge < -0.3 is 4.98 Å². The SMILES string of the molecule is C=Cc1ccc(-c2nnc[nH]2)nc1. The maximum Gasteiger partial charge on any atom is 0.179 e. The molecule has 0 amide bonds. The first-order chi connectivity index (χ1) is 6.40. The highest BCUT2D eigenvalue weighted by molar-refractivity contribution is 5.52. The predicted octanol–water partition coefficient (Wildman–Crippen LogP) is 1.51. The third kappa shape index (κ3) is 1.46. The van der Waals surface area contributed by atoms with E-state index in [4.69, 9.17) is 0 Å². The molecule has 0 aromatic carbocycles. The highest BCUT2D eigenvalue weighted by Gasteiger charge is 2.00. The molecule has 2 rings (SSSR count). The summed E-state index contributed by atoms with van der Waals surface area (Å²) in [4.78, 5) is 7.07. The topological polar surface area (TPSA) is 54.5 Å². The molecule has 2 heterocycles. The van der Waals surface area contributed by atoms with Crippen LogP contribution in [0.5, 0.6) is 0 Å². The number of hydrogen-bond acceptors (Lipinski definition) is 3. The maximum absolute atomic E-state index is 4.19. The summed E-state index contributed by atoms with van der Waals surface area (Å²) >= 11 is 0. The van der Waals surface area contributed by atoms with Crippen molar-refractivity contribution in [2.75, 3.05) is 0 Å². The first-order valence-electron chi connectivity index (χ1n) is 3.85. The number of aromatic amines is 1. The van der Waals surface area contributed by atoms with Crippen molar-refractivity contribution < 1.29 is 0 Å². The average Bonchev–Trinajstić information content (AvgIpc) is 2.71. The molecule has 64 valence electrons. The van der Waals surface area contributed by atoms with Crippen molar-refractivity contribution in [1.82, 2.24) is 20.2 Å². The van der Waals surface area contributed by atoms with Crippen molar-refractivity contribution in [1.29, 1.82) is 0 Å². The predicted molar refractivity (Wildman–Crippen MR) is 49.7 cm³/mol. The fourth-order valence-electron chi connectivity index (χ4n) is 0.997. The quantitative estimate of drug-likeness (QED) is 0.747. The van der Waals surface area contributed by atoms with E-state index in [2.05, 4.69) is 26.7 Å². The van der Waals surface area contributed by atoms with Crippen LogP contribution in [0.2, 0.25) is 0 Å². The van der Waals surface area contributed by atoms with Crippen molar-refractivity contribution >= 4 is 6.08 Å². The molecule has 0 aliphatic rings. The summed E-state index contributed by atoms with van der Waals surface area (Å²) in [6.07, 6.45) is 5.01. The molecule has 2 aromatic rings. The number of H-pyrrole nitrogens is 1. The lowest BCUT2D eigenvalue weighted by molar-refractivity contribution is 1.09. The van der Waals surface area contributed by atoms with E-state index in [1.807, 2.05) is 12.1 Å². The number of aromatic nitrogens is 4. The van der Waals surface area contributed by atoms with Crippen LogP contribution in [0.4, 0.5) is 0 Å². The zero-order valence-corrected chi connectivity index (χ0v) is 6.94. The number of nitrogens with zero attached hydrogens (tertiary/aromatic N) is 3. The normalized spacial score (nSPS) is 9.85. The van der Waals surface area contributed by atoms with Gasteiger partial charge in [-0.25, -0.2) is 0 Å². The third-order valence-corrected chi connectivity index (χ3v) is 1.68. The van der Waals surface area contributed by atoms with E-state index in [0.717, 1.165) is 11.3 Å². The molecule has 0 aliphatic carbocycles. The van der Waals surface area contributed by atoms with Gasteiger partial charge in [0.2, 0.25) is 0 Å². The van der Waals surface area contributed by atoms with E-state index in [9.17, 15) is 0 Å². The molecule has 0 spiro atoms. The van der Waals surface area contributed by atoms with E-state index in [0.29, 0.717) is 5.82 Å². The highest BCUT2D eigenvalue weighted by Crippen LogP contribution is 2.10. The Morgan fingerprint density at radius 1 is 1.38 bits per heavy atom. The number of hydrogen-bond donors (Lipinski definition) is 1. The van der Waals surface area contributed by atoms with Gasteiger partial charge >= 0.3 is 0 Å². The van der Waals surface area contributed by atoms with E-state index in [1.54, 1.807) is 12.3 Å². The number of rotatable bonds is 2. The molecule has 0 aliphatic heterocycles. The van der Waals surface area contributed by atoms with Gasteiger partial charge in [0.05, 0.1) is 0 Å². The van der Waals surface area contributed by atoms with Crippen LogP contribution in [0, 0.1) is 0 Å². The minimum Gasteiger partial charge on any atom is -0.326 e. The summed E-state index contributed by atoms with van der Waals surface area (Å²) in [5.74, 6) is 0.676. The Morgan fingerprint density at radius 2 is 2.31 bits per heavy atom. The van der Waals surface area contributed by atoms with Crippen LogP contribution in [-0.4, -0.2) is 20.2 Å².